The predicted molar refractivity (Wildman–Crippen MR) is 146 cm³/mol. The van der Waals surface area contributed by atoms with Gasteiger partial charge in [0, 0.05) is 19.3 Å². The van der Waals surface area contributed by atoms with Crippen molar-refractivity contribution in [1.82, 2.24) is 20.9 Å². The van der Waals surface area contributed by atoms with Crippen molar-refractivity contribution >= 4 is 27.6 Å². The number of amides is 3. The Morgan fingerprint density at radius 3 is 2.26 bits per heavy atom. The molecule has 0 bridgehead atoms. The Hall–Kier alpha value is -3.35. The molecule has 12 heteroatoms. The molecule has 1 aromatic heterocycles. The first-order valence-electron chi connectivity index (χ1n) is 12.8. The van der Waals surface area contributed by atoms with E-state index in [0.717, 1.165) is 5.56 Å². The van der Waals surface area contributed by atoms with Gasteiger partial charge in [0.15, 0.2) is 9.84 Å². The summed E-state index contributed by atoms with van der Waals surface area (Å²) in [6.45, 7) is 4.62. The summed E-state index contributed by atoms with van der Waals surface area (Å²) in [5.41, 5.74) is 0.870. The van der Waals surface area contributed by atoms with Crippen LogP contribution in [0.3, 0.4) is 0 Å². The second-order valence-electron chi connectivity index (χ2n) is 9.51. The lowest BCUT2D eigenvalue weighted by Gasteiger charge is -2.32. The molecule has 1 heterocycles. The summed E-state index contributed by atoms with van der Waals surface area (Å²) in [6.07, 6.45) is 0.881. The molecule has 214 valence electrons. The summed E-state index contributed by atoms with van der Waals surface area (Å²) >= 11 is 0. The van der Waals surface area contributed by atoms with Crippen LogP contribution in [0, 0.1) is 0 Å². The van der Waals surface area contributed by atoms with Gasteiger partial charge >= 0.3 is 0 Å². The van der Waals surface area contributed by atoms with Gasteiger partial charge in [-0.3, -0.25) is 19.4 Å². The molecule has 11 nitrogen and oxygen atoms in total. The van der Waals surface area contributed by atoms with Gasteiger partial charge in [0.05, 0.1) is 29.2 Å². The summed E-state index contributed by atoms with van der Waals surface area (Å²) < 4.78 is 25.5. The number of hydrogen-bond donors (Lipinski definition) is 5. The molecule has 5 N–H and O–H groups in total. The molecule has 2 rings (SSSR count). The molecule has 0 spiro atoms. The molecule has 0 radical (unpaired) electrons. The van der Waals surface area contributed by atoms with E-state index in [4.69, 9.17) is 0 Å². The van der Waals surface area contributed by atoms with Crippen LogP contribution >= 0.6 is 0 Å². The van der Waals surface area contributed by atoms with Gasteiger partial charge in [-0.05, 0) is 37.5 Å². The summed E-state index contributed by atoms with van der Waals surface area (Å²) in [6, 6.07) is 8.49. The third kappa shape index (κ3) is 10.7. The number of nitrogens with one attached hydrogen (secondary N) is 3. The SMILES string of the molecule is CCCCS(=O)(=O)CC(NC(=O)c1cccnc1)C(=O)NC(Cc1ccccc1)C(O)C(O)C(C)NC(C)=O. The molecule has 1 aromatic carbocycles. The third-order valence-electron chi connectivity index (χ3n) is 6.11. The summed E-state index contributed by atoms with van der Waals surface area (Å²) in [7, 11) is -3.72. The Balaban J connectivity index is 2.34. The Kier molecular flexibility index (Phi) is 12.5. The lowest BCUT2D eigenvalue weighted by atomic mass is 9.94. The van der Waals surface area contributed by atoms with Crippen LogP contribution in [0.4, 0.5) is 0 Å². The minimum Gasteiger partial charge on any atom is -0.388 e. The minimum absolute atomic E-state index is 0.0868. The molecule has 0 aliphatic carbocycles. The molecule has 39 heavy (non-hydrogen) atoms. The van der Waals surface area contributed by atoms with E-state index in [2.05, 4.69) is 20.9 Å². The predicted octanol–water partition coefficient (Wildman–Crippen LogP) is 0.369. The first-order chi connectivity index (χ1) is 18.4. The average Bonchev–Trinajstić information content (AvgIpc) is 2.90. The highest BCUT2D eigenvalue weighted by molar-refractivity contribution is 7.91. The van der Waals surface area contributed by atoms with Crippen molar-refractivity contribution in [3.05, 3.63) is 66.0 Å². The van der Waals surface area contributed by atoms with Crippen LogP contribution < -0.4 is 16.0 Å². The van der Waals surface area contributed by atoms with Crippen molar-refractivity contribution in [2.45, 2.75) is 70.4 Å². The molecular weight excluding hydrogens is 524 g/mol. The molecule has 0 aliphatic heterocycles. The van der Waals surface area contributed by atoms with Crippen molar-refractivity contribution in [2.24, 2.45) is 0 Å². The number of nitrogens with zero attached hydrogens (tertiary/aromatic N) is 1. The molecule has 2 aromatic rings. The van der Waals surface area contributed by atoms with Crippen molar-refractivity contribution in [1.29, 1.82) is 0 Å². The lowest BCUT2D eigenvalue weighted by Crippen LogP contribution is -2.59. The number of hydrogen-bond acceptors (Lipinski definition) is 8. The number of rotatable bonds is 15. The second-order valence-corrected chi connectivity index (χ2v) is 11.7. The topological polar surface area (TPSA) is 175 Å². The van der Waals surface area contributed by atoms with Crippen LogP contribution in [0.1, 0.15) is 49.5 Å². The van der Waals surface area contributed by atoms with E-state index in [1.807, 2.05) is 6.92 Å². The number of carbonyl (C=O) groups is 3. The minimum atomic E-state index is -3.72. The van der Waals surface area contributed by atoms with Crippen LogP contribution in [0.5, 0.6) is 0 Å². The summed E-state index contributed by atoms with van der Waals surface area (Å²) in [5, 5.41) is 29.4. The van der Waals surface area contributed by atoms with Crippen LogP contribution in [0.15, 0.2) is 54.9 Å². The van der Waals surface area contributed by atoms with E-state index in [-0.39, 0.29) is 17.7 Å². The number of unbranched alkanes of at least 4 members (excludes halogenated alkanes) is 1. The zero-order valence-corrected chi connectivity index (χ0v) is 23.2. The van der Waals surface area contributed by atoms with Gasteiger partial charge in [0.1, 0.15) is 18.2 Å². The van der Waals surface area contributed by atoms with Crippen LogP contribution in [0.25, 0.3) is 0 Å². The number of carbonyl (C=O) groups excluding carboxylic acids is 3. The fourth-order valence-electron chi connectivity index (χ4n) is 3.97. The summed E-state index contributed by atoms with van der Waals surface area (Å²) in [4.78, 5) is 41.6. The van der Waals surface area contributed by atoms with Crippen molar-refractivity contribution in [3.63, 3.8) is 0 Å². The zero-order valence-electron chi connectivity index (χ0n) is 22.4. The lowest BCUT2D eigenvalue weighted by molar-refractivity contribution is -0.126. The van der Waals surface area contributed by atoms with Gasteiger partial charge in [-0.25, -0.2) is 8.42 Å². The van der Waals surface area contributed by atoms with Crippen molar-refractivity contribution < 1.29 is 33.0 Å². The molecule has 0 aliphatic rings. The average molecular weight is 563 g/mol. The molecule has 0 saturated heterocycles. The van der Waals surface area contributed by atoms with Gasteiger partial charge in [-0.15, -0.1) is 0 Å². The highest BCUT2D eigenvalue weighted by Crippen LogP contribution is 2.13. The summed E-state index contributed by atoms with van der Waals surface area (Å²) in [5.74, 6) is -2.74. The fourth-order valence-corrected chi connectivity index (χ4v) is 5.61. The standard InChI is InChI=1S/C27H38N4O7S/c1-4-5-14-39(37,38)17-23(31-26(35)21-12-9-13-28-16-21)27(36)30-22(15-20-10-7-6-8-11-20)25(34)24(33)18(2)29-19(3)32/h6-13,16,18,22-25,33-34H,4-5,14-15,17H2,1-3H3,(H,29,32)(H,30,36)(H,31,35). The molecule has 5 unspecified atom stereocenters. The largest absolute Gasteiger partial charge is 0.388 e. The Bertz CT molecular complexity index is 1180. The van der Waals surface area contributed by atoms with E-state index >= 15 is 0 Å². The molecule has 5 atom stereocenters. The first-order valence-corrected chi connectivity index (χ1v) is 14.6. The maximum atomic E-state index is 13.5. The molecule has 0 saturated carbocycles. The highest BCUT2D eigenvalue weighted by Gasteiger charge is 2.35. The quantitative estimate of drug-likeness (QED) is 0.207. The first kappa shape index (κ1) is 31.9. The van der Waals surface area contributed by atoms with Crippen molar-refractivity contribution in [3.8, 4) is 0 Å². The van der Waals surface area contributed by atoms with E-state index < -0.39 is 63.6 Å². The Morgan fingerprint density at radius 1 is 0.974 bits per heavy atom. The van der Waals surface area contributed by atoms with Crippen LogP contribution in [-0.4, -0.2) is 83.2 Å². The number of aliphatic hydroxyl groups is 2. The van der Waals surface area contributed by atoms with Gasteiger partial charge in [0.25, 0.3) is 5.91 Å². The number of pyridine rings is 1. The van der Waals surface area contributed by atoms with Gasteiger partial charge in [0.2, 0.25) is 11.8 Å². The number of sulfone groups is 1. The smallest absolute Gasteiger partial charge is 0.253 e. The zero-order chi connectivity index (χ0) is 29.0. The molecular formula is C27H38N4O7S. The number of aliphatic hydroxyl groups excluding tert-OH is 2. The highest BCUT2D eigenvalue weighted by atomic mass is 32.2. The fraction of sp³-hybridized carbons (Fsp3) is 0.481. The Morgan fingerprint density at radius 2 is 1.67 bits per heavy atom. The van der Waals surface area contributed by atoms with E-state index in [0.29, 0.717) is 12.8 Å². The van der Waals surface area contributed by atoms with E-state index in [1.165, 1.54) is 38.4 Å². The maximum Gasteiger partial charge on any atom is 0.253 e. The Labute approximate surface area is 229 Å². The van der Waals surface area contributed by atoms with E-state index in [9.17, 15) is 33.0 Å². The van der Waals surface area contributed by atoms with Crippen LogP contribution in [-0.2, 0) is 25.8 Å². The van der Waals surface area contributed by atoms with Gasteiger partial charge in [-0.2, -0.15) is 0 Å². The number of aromatic nitrogens is 1. The van der Waals surface area contributed by atoms with Crippen LogP contribution in [0.2, 0.25) is 0 Å². The number of benzene rings is 1. The van der Waals surface area contributed by atoms with Gasteiger partial charge in [-0.1, -0.05) is 43.7 Å². The third-order valence-corrected chi connectivity index (χ3v) is 7.86. The monoisotopic (exact) mass is 562 g/mol. The van der Waals surface area contributed by atoms with Gasteiger partial charge < -0.3 is 26.2 Å². The maximum absolute atomic E-state index is 13.5. The normalized spacial score (nSPS) is 15.3. The van der Waals surface area contributed by atoms with Crippen molar-refractivity contribution in [2.75, 3.05) is 11.5 Å². The molecule has 0 fully saturated rings. The van der Waals surface area contributed by atoms with E-state index in [1.54, 1.807) is 30.3 Å². The second kappa shape index (κ2) is 15.3. The molecule has 3 amide bonds.